The third kappa shape index (κ3) is 4.48. The molecule has 7 heteroatoms. The van der Waals surface area contributed by atoms with Crippen LogP contribution >= 0.6 is 0 Å². The Morgan fingerprint density at radius 2 is 2.05 bits per heavy atom. The van der Waals surface area contributed by atoms with Gasteiger partial charge in [0.05, 0.1) is 0 Å². The Morgan fingerprint density at radius 1 is 1.35 bits per heavy atom. The molecule has 1 aromatic rings. The van der Waals surface area contributed by atoms with Gasteiger partial charge in [-0.25, -0.2) is 4.79 Å². The van der Waals surface area contributed by atoms with Crippen LogP contribution in [0.2, 0.25) is 0 Å². The first-order valence-corrected chi connectivity index (χ1v) is 6.89. The van der Waals surface area contributed by atoms with E-state index >= 15 is 0 Å². The highest BCUT2D eigenvalue weighted by atomic mass is 16.6. The van der Waals surface area contributed by atoms with E-state index in [1.165, 1.54) is 6.39 Å². The van der Waals surface area contributed by atoms with Crippen LogP contribution < -0.4 is 0 Å². The zero-order valence-corrected chi connectivity index (χ0v) is 12.3. The van der Waals surface area contributed by atoms with Gasteiger partial charge >= 0.3 is 6.09 Å². The van der Waals surface area contributed by atoms with Crippen LogP contribution in [0.25, 0.3) is 0 Å². The fraction of sp³-hybridized carbons (Fsp3) is 0.769. The molecule has 1 amide bonds. The Balaban J connectivity index is 1.71. The highest BCUT2D eigenvalue weighted by Gasteiger charge is 2.25. The number of nitrogens with zero attached hydrogens (tertiary/aromatic N) is 4. The summed E-state index contributed by atoms with van der Waals surface area (Å²) in [6.45, 7) is 9.57. The lowest BCUT2D eigenvalue weighted by Crippen LogP contribution is -2.50. The smallest absolute Gasteiger partial charge is 0.410 e. The van der Waals surface area contributed by atoms with E-state index in [-0.39, 0.29) is 6.09 Å². The van der Waals surface area contributed by atoms with Crippen molar-refractivity contribution in [3.63, 3.8) is 0 Å². The fourth-order valence-corrected chi connectivity index (χ4v) is 2.04. The predicted octanol–water partition coefficient (Wildman–Crippen LogP) is 1.16. The van der Waals surface area contributed by atoms with E-state index in [0.717, 1.165) is 26.1 Å². The second-order valence-corrected chi connectivity index (χ2v) is 5.89. The molecule has 1 aliphatic heterocycles. The van der Waals surface area contributed by atoms with E-state index in [0.29, 0.717) is 19.0 Å². The lowest BCUT2D eigenvalue weighted by Gasteiger charge is -2.35. The van der Waals surface area contributed by atoms with Crippen LogP contribution in [0.4, 0.5) is 4.79 Å². The number of amides is 1. The Kier molecular flexibility index (Phi) is 4.59. The van der Waals surface area contributed by atoms with Crippen LogP contribution in [0.1, 0.15) is 26.7 Å². The molecule has 0 atom stereocenters. The largest absolute Gasteiger partial charge is 0.444 e. The number of rotatable bonds is 3. The molecule has 2 heterocycles. The third-order valence-corrected chi connectivity index (χ3v) is 3.07. The van der Waals surface area contributed by atoms with Gasteiger partial charge in [0.15, 0.2) is 0 Å². The summed E-state index contributed by atoms with van der Waals surface area (Å²) >= 11 is 0. The minimum absolute atomic E-state index is 0.228. The first-order chi connectivity index (χ1) is 9.44. The molecule has 1 saturated heterocycles. The van der Waals surface area contributed by atoms with Gasteiger partial charge in [0.1, 0.15) is 5.60 Å². The molecule has 1 aliphatic rings. The number of hydrogen-bond donors (Lipinski definition) is 0. The van der Waals surface area contributed by atoms with Gasteiger partial charge in [-0.1, -0.05) is 0 Å². The minimum atomic E-state index is -0.438. The van der Waals surface area contributed by atoms with Crippen molar-refractivity contribution in [1.82, 2.24) is 20.0 Å². The Labute approximate surface area is 118 Å². The molecule has 0 N–H and O–H groups in total. The van der Waals surface area contributed by atoms with Crippen molar-refractivity contribution in [2.24, 2.45) is 0 Å². The molecule has 0 aromatic carbocycles. The maximum atomic E-state index is 11.9. The summed E-state index contributed by atoms with van der Waals surface area (Å²) in [6, 6.07) is 0. The first kappa shape index (κ1) is 14.8. The van der Waals surface area contributed by atoms with E-state index in [1.807, 2.05) is 20.8 Å². The molecule has 112 valence electrons. The van der Waals surface area contributed by atoms with Crippen LogP contribution in [-0.2, 0) is 11.2 Å². The van der Waals surface area contributed by atoms with Gasteiger partial charge in [0, 0.05) is 39.1 Å². The van der Waals surface area contributed by atoms with E-state index in [2.05, 4.69) is 15.1 Å². The molecule has 1 aromatic heterocycles. The molecule has 0 saturated carbocycles. The number of hydrogen-bond acceptors (Lipinski definition) is 6. The number of carbonyl (C=O) groups excluding carboxylic acids is 1. The third-order valence-electron chi connectivity index (χ3n) is 3.07. The lowest BCUT2D eigenvalue weighted by molar-refractivity contribution is 0.0145. The molecule has 0 bridgehead atoms. The Bertz CT molecular complexity index is 419. The fourth-order valence-electron chi connectivity index (χ4n) is 2.04. The summed E-state index contributed by atoms with van der Waals surface area (Å²) in [6.07, 6.45) is 1.86. The summed E-state index contributed by atoms with van der Waals surface area (Å²) in [5.41, 5.74) is -0.438. The van der Waals surface area contributed by atoms with Crippen molar-refractivity contribution < 1.29 is 13.9 Å². The van der Waals surface area contributed by atoms with Crippen molar-refractivity contribution in [3.8, 4) is 0 Å². The molecular formula is C13H22N4O3. The summed E-state index contributed by atoms with van der Waals surface area (Å²) in [5, 5.41) is 7.51. The number of carbonyl (C=O) groups is 1. The van der Waals surface area contributed by atoms with E-state index < -0.39 is 5.60 Å². The molecule has 1 fully saturated rings. The van der Waals surface area contributed by atoms with Gasteiger partial charge in [0.25, 0.3) is 0 Å². The number of aromatic nitrogens is 2. The van der Waals surface area contributed by atoms with Crippen LogP contribution in [0.15, 0.2) is 10.8 Å². The monoisotopic (exact) mass is 282 g/mol. The molecular weight excluding hydrogens is 260 g/mol. The zero-order chi connectivity index (χ0) is 14.6. The van der Waals surface area contributed by atoms with Crippen LogP contribution in [0.5, 0.6) is 0 Å². The van der Waals surface area contributed by atoms with Crippen molar-refractivity contribution >= 4 is 6.09 Å². The van der Waals surface area contributed by atoms with Gasteiger partial charge in [-0.2, -0.15) is 0 Å². The molecule has 0 aliphatic carbocycles. The quantitative estimate of drug-likeness (QED) is 0.828. The molecule has 20 heavy (non-hydrogen) atoms. The van der Waals surface area contributed by atoms with Crippen LogP contribution in [-0.4, -0.2) is 64.4 Å². The van der Waals surface area contributed by atoms with E-state index in [4.69, 9.17) is 9.15 Å². The Morgan fingerprint density at radius 3 is 2.60 bits per heavy atom. The highest BCUT2D eigenvalue weighted by Crippen LogP contribution is 2.12. The number of piperazine rings is 1. The van der Waals surface area contributed by atoms with Gasteiger partial charge < -0.3 is 14.1 Å². The number of ether oxygens (including phenoxy) is 1. The van der Waals surface area contributed by atoms with Gasteiger partial charge in [-0.15, -0.1) is 10.2 Å². The lowest BCUT2D eigenvalue weighted by atomic mass is 10.2. The topological polar surface area (TPSA) is 71.7 Å². The van der Waals surface area contributed by atoms with Crippen molar-refractivity contribution in [2.45, 2.75) is 32.8 Å². The summed E-state index contributed by atoms with van der Waals surface area (Å²) in [7, 11) is 0. The van der Waals surface area contributed by atoms with Crippen molar-refractivity contribution in [1.29, 1.82) is 0 Å². The second kappa shape index (κ2) is 6.21. The maximum Gasteiger partial charge on any atom is 0.410 e. The molecule has 0 radical (unpaired) electrons. The first-order valence-electron chi connectivity index (χ1n) is 6.89. The normalized spacial score (nSPS) is 17.2. The molecule has 7 nitrogen and oxygen atoms in total. The molecule has 2 rings (SSSR count). The van der Waals surface area contributed by atoms with Crippen molar-refractivity contribution in [3.05, 3.63) is 12.3 Å². The van der Waals surface area contributed by atoms with E-state index in [9.17, 15) is 4.79 Å². The maximum absolute atomic E-state index is 11.9. The van der Waals surface area contributed by atoms with Crippen LogP contribution in [0, 0.1) is 0 Å². The Hall–Kier alpha value is -1.63. The predicted molar refractivity (Wildman–Crippen MR) is 72.2 cm³/mol. The van der Waals surface area contributed by atoms with Crippen molar-refractivity contribution in [2.75, 3.05) is 32.7 Å². The van der Waals surface area contributed by atoms with Gasteiger partial charge in [0.2, 0.25) is 12.3 Å². The van der Waals surface area contributed by atoms with Gasteiger partial charge in [-0.05, 0) is 20.8 Å². The average Bonchev–Trinajstić information content (AvgIpc) is 2.88. The second-order valence-electron chi connectivity index (χ2n) is 5.89. The standard InChI is InChI=1S/C13H22N4O3/c1-13(2,3)20-12(18)17-8-6-16(7-9-17)5-4-11-15-14-10-19-11/h10H,4-9H2,1-3H3. The SMILES string of the molecule is CC(C)(C)OC(=O)N1CCN(CCc2nnco2)CC1. The summed E-state index contributed by atoms with van der Waals surface area (Å²) < 4.78 is 10.5. The zero-order valence-electron chi connectivity index (χ0n) is 12.3. The average molecular weight is 282 g/mol. The molecule has 0 spiro atoms. The molecule has 0 unspecified atom stereocenters. The van der Waals surface area contributed by atoms with E-state index in [1.54, 1.807) is 4.90 Å². The minimum Gasteiger partial charge on any atom is -0.444 e. The highest BCUT2D eigenvalue weighted by molar-refractivity contribution is 5.68. The van der Waals surface area contributed by atoms with Gasteiger partial charge in [-0.3, -0.25) is 4.90 Å². The van der Waals surface area contributed by atoms with Crippen LogP contribution in [0.3, 0.4) is 0 Å². The summed E-state index contributed by atoms with van der Waals surface area (Å²) in [5.74, 6) is 0.652. The summed E-state index contributed by atoms with van der Waals surface area (Å²) in [4.78, 5) is 16.0.